The van der Waals surface area contributed by atoms with Crippen molar-refractivity contribution in [1.29, 1.82) is 0 Å². The molecule has 0 saturated carbocycles. The molecular formula is C18H20N2O6. The normalized spacial score (nSPS) is 15.2. The molecule has 138 valence electrons. The van der Waals surface area contributed by atoms with Crippen LogP contribution in [0.2, 0.25) is 0 Å². The van der Waals surface area contributed by atoms with Gasteiger partial charge < -0.3 is 19.9 Å². The third kappa shape index (κ3) is 4.02. The molecule has 0 spiro atoms. The van der Waals surface area contributed by atoms with Crippen LogP contribution in [-0.2, 0) is 20.7 Å². The summed E-state index contributed by atoms with van der Waals surface area (Å²) in [7, 11) is 1.17. The van der Waals surface area contributed by atoms with Crippen molar-refractivity contribution < 1.29 is 29.0 Å². The predicted octanol–water partition coefficient (Wildman–Crippen LogP) is 1.59. The lowest BCUT2D eigenvalue weighted by Gasteiger charge is -2.11. The lowest BCUT2D eigenvalue weighted by Crippen LogP contribution is -2.36. The number of carbonyl (C=O) groups excluding carboxylic acids is 3. The molecular weight excluding hydrogens is 340 g/mol. The minimum Gasteiger partial charge on any atom is -0.504 e. The molecule has 8 nitrogen and oxygen atoms in total. The Kier molecular flexibility index (Phi) is 6.00. The lowest BCUT2D eigenvalue weighted by atomic mass is 10.0. The highest BCUT2D eigenvalue weighted by Gasteiger charge is 2.35. The van der Waals surface area contributed by atoms with Crippen molar-refractivity contribution in [3.8, 4) is 11.5 Å². The molecule has 2 rings (SSSR count). The zero-order valence-electron chi connectivity index (χ0n) is 14.6. The number of nitrogens with one attached hydrogen (secondary N) is 1. The number of esters is 1. The van der Waals surface area contributed by atoms with Crippen LogP contribution >= 0.6 is 0 Å². The number of phenolic OH excluding ortho intramolecular Hbond substituents is 1. The molecule has 1 aliphatic rings. The highest BCUT2D eigenvalue weighted by atomic mass is 16.5. The fourth-order valence-electron chi connectivity index (χ4n) is 2.42. The summed E-state index contributed by atoms with van der Waals surface area (Å²) in [6.07, 6.45) is 3.48. The highest BCUT2D eigenvalue weighted by molar-refractivity contribution is 6.15. The van der Waals surface area contributed by atoms with E-state index in [1.54, 1.807) is 25.1 Å². The van der Waals surface area contributed by atoms with E-state index in [0.717, 1.165) is 4.90 Å². The maximum Gasteiger partial charge on any atom is 0.329 e. The first-order chi connectivity index (χ1) is 12.4. The average Bonchev–Trinajstić information content (AvgIpc) is 2.86. The number of methoxy groups -OCH3 is 1. The molecule has 8 heteroatoms. The summed E-state index contributed by atoms with van der Waals surface area (Å²) < 4.78 is 9.88. The number of carbonyl (C=O) groups is 3. The van der Waals surface area contributed by atoms with E-state index in [1.165, 1.54) is 13.2 Å². The van der Waals surface area contributed by atoms with Gasteiger partial charge in [0.1, 0.15) is 12.2 Å². The topological polar surface area (TPSA) is 105 Å². The van der Waals surface area contributed by atoms with Gasteiger partial charge in [0, 0.05) is 5.56 Å². The number of benzene rings is 1. The molecule has 0 radical (unpaired) electrons. The maximum atomic E-state index is 12.3. The summed E-state index contributed by atoms with van der Waals surface area (Å²) in [5, 5.41) is 12.6. The Bertz CT molecular complexity index is 784. The molecule has 1 heterocycles. The lowest BCUT2D eigenvalue weighted by molar-refractivity contribution is -0.143. The van der Waals surface area contributed by atoms with E-state index in [0.29, 0.717) is 24.2 Å². The standard InChI is InChI=1S/C18H20N2O6/c1-4-6-12-7-11(9-14(16(12)22)26-5-2)8-13-17(23)20(18(24)19-13)10-15(21)25-3/h4,7-9,22H,1,5-6,10H2,2-3H3,(H,19,24)/b13-8+. The van der Waals surface area contributed by atoms with E-state index in [-0.39, 0.29) is 17.2 Å². The summed E-state index contributed by atoms with van der Waals surface area (Å²) in [4.78, 5) is 36.3. The SMILES string of the molecule is C=CCc1cc(/C=C2/NC(=O)N(CC(=O)OC)C2=O)cc(OCC)c1O. The molecule has 0 aliphatic carbocycles. The number of phenols is 1. The van der Waals surface area contributed by atoms with Crippen molar-refractivity contribution >= 4 is 24.0 Å². The summed E-state index contributed by atoms with van der Waals surface area (Å²) in [6.45, 7) is 5.30. The number of nitrogens with zero attached hydrogens (tertiary/aromatic N) is 1. The van der Waals surface area contributed by atoms with Gasteiger partial charge >= 0.3 is 12.0 Å². The minimum absolute atomic E-state index is 0.00278. The number of urea groups is 1. The largest absolute Gasteiger partial charge is 0.504 e. The molecule has 1 saturated heterocycles. The van der Waals surface area contributed by atoms with Crippen LogP contribution in [0.1, 0.15) is 18.1 Å². The first kappa shape index (κ1) is 19.0. The fraction of sp³-hybridized carbons (Fsp3) is 0.278. The Hall–Kier alpha value is -3.29. The van der Waals surface area contributed by atoms with E-state index in [1.807, 2.05) is 0 Å². The van der Waals surface area contributed by atoms with Crippen molar-refractivity contribution in [1.82, 2.24) is 10.2 Å². The van der Waals surface area contributed by atoms with Gasteiger partial charge in [0.05, 0.1) is 13.7 Å². The molecule has 1 aliphatic heterocycles. The third-order valence-corrected chi connectivity index (χ3v) is 3.63. The molecule has 3 amide bonds. The van der Waals surface area contributed by atoms with Crippen molar-refractivity contribution in [2.75, 3.05) is 20.3 Å². The number of allylic oxidation sites excluding steroid dienone is 1. The quantitative estimate of drug-likeness (QED) is 0.331. The second-order valence-electron chi connectivity index (χ2n) is 5.41. The van der Waals surface area contributed by atoms with Gasteiger partial charge in [-0.15, -0.1) is 6.58 Å². The van der Waals surface area contributed by atoms with Crippen molar-refractivity contribution in [3.63, 3.8) is 0 Å². The van der Waals surface area contributed by atoms with Crippen LogP contribution in [0.5, 0.6) is 11.5 Å². The number of aromatic hydroxyl groups is 1. The number of rotatable bonds is 7. The van der Waals surface area contributed by atoms with Crippen LogP contribution in [0.15, 0.2) is 30.5 Å². The second-order valence-corrected chi connectivity index (χ2v) is 5.41. The Labute approximate surface area is 150 Å². The maximum absolute atomic E-state index is 12.3. The van der Waals surface area contributed by atoms with Crippen molar-refractivity contribution in [2.24, 2.45) is 0 Å². The Morgan fingerprint density at radius 2 is 2.12 bits per heavy atom. The molecule has 1 fully saturated rings. The minimum atomic E-state index is -0.707. The van der Waals surface area contributed by atoms with Crippen LogP contribution < -0.4 is 10.1 Å². The van der Waals surface area contributed by atoms with Gasteiger partial charge in [-0.1, -0.05) is 6.08 Å². The summed E-state index contributed by atoms with van der Waals surface area (Å²) >= 11 is 0. The van der Waals surface area contributed by atoms with E-state index < -0.39 is 24.5 Å². The Morgan fingerprint density at radius 3 is 2.73 bits per heavy atom. The second kappa shape index (κ2) is 8.19. The van der Waals surface area contributed by atoms with Gasteiger partial charge in [0.25, 0.3) is 5.91 Å². The van der Waals surface area contributed by atoms with Crippen LogP contribution in [0.3, 0.4) is 0 Å². The van der Waals surface area contributed by atoms with Crippen molar-refractivity contribution in [2.45, 2.75) is 13.3 Å². The number of ether oxygens (including phenoxy) is 2. The zero-order chi connectivity index (χ0) is 19.3. The third-order valence-electron chi connectivity index (χ3n) is 3.63. The molecule has 0 bridgehead atoms. The average molecular weight is 360 g/mol. The van der Waals surface area contributed by atoms with Crippen LogP contribution in [0, 0.1) is 0 Å². The van der Waals surface area contributed by atoms with E-state index in [4.69, 9.17) is 4.74 Å². The van der Waals surface area contributed by atoms with Gasteiger partial charge in [-0.2, -0.15) is 0 Å². The molecule has 0 atom stereocenters. The molecule has 0 unspecified atom stereocenters. The first-order valence-corrected chi connectivity index (χ1v) is 7.92. The summed E-state index contributed by atoms with van der Waals surface area (Å²) in [5.41, 5.74) is 1.13. The van der Waals surface area contributed by atoms with E-state index in [9.17, 15) is 19.5 Å². The predicted molar refractivity (Wildman–Crippen MR) is 93.4 cm³/mol. The van der Waals surface area contributed by atoms with Crippen molar-refractivity contribution in [3.05, 3.63) is 41.6 Å². The monoisotopic (exact) mass is 360 g/mol. The fourth-order valence-corrected chi connectivity index (χ4v) is 2.42. The van der Waals surface area contributed by atoms with Crippen LogP contribution in [0.4, 0.5) is 4.79 Å². The zero-order valence-corrected chi connectivity index (χ0v) is 14.6. The van der Waals surface area contributed by atoms with Crippen LogP contribution in [-0.4, -0.2) is 48.2 Å². The highest BCUT2D eigenvalue weighted by Crippen LogP contribution is 2.33. The van der Waals surface area contributed by atoms with Gasteiger partial charge in [-0.05, 0) is 37.1 Å². The molecule has 26 heavy (non-hydrogen) atoms. The number of imide groups is 1. The molecule has 1 aromatic rings. The smallest absolute Gasteiger partial charge is 0.329 e. The summed E-state index contributed by atoms with van der Waals surface area (Å²) in [5.74, 6) is -1.08. The number of hydrogen-bond donors (Lipinski definition) is 2. The molecule has 2 N–H and O–H groups in total. The van der Waals surface area contributed by atoms with E-state index in [2.05, 4.69) is 16.6 Å². The number of hydrogen-bond acceptors (Lipinski definition) is 6. The van der Waals surface area contributed by atoms with Crippen LogP contribution in [0.25, 0.3) is 6.08 Å². The van der Waals surface area contributed by atoms with E-state index >= 15 is 0 Å². The van der Waals surface area contributed by atoms with Gasteiger partial charge in [-0.25, -0.2) is 9.69 Å². The first-order valence-electron chi connectivity index (χ1n) is 7.92. The Morgan fingerprint density at radius 1 is 1.38 bits per heavy atom. The Balaban J connectivity index is 2.36. The van der Waals surface area contributed by atoms with Gasteiger partial charge in [0.2, 0.25) is 0 Å². The van der Waals surface area contributed by atoms with Gasteiger partial charge in [-0.3, -0.25) is 9.59 Å². The molecule has 1 aromatic carbocycles. The molecule has 0 aromatic heterocycles. The summed E-state index contributed by atoms with van der Waals surface area (Å²) in [6, 6.07) is 2.51. The number of amides is 3. The van der Waals surface area contributed by atoms with Gasteiger partial charge in [0.15, 0.2) is 11.5 Å².